The smallest absolute Gasteiger partial charge is 0.137 e. The second-order valence-corrected chi connectivity index (χ2v) is 4.46. The summed E-state index contributed by atoms with van der Waals surface area (Å²) in [5, 5.41) is 0. The molecular weight excluding hydrogens is 196 g/mol. The molecule has 0 aliphatic heterocycles. The molecule has 0 amide bonds. The second kappa shape index (κ2) is 3.78. The fourth-order valence-corrected chi connectivity index (χ4v) is 2.02. The summed E-state index contributed by atoms with van der Waals surface area (Å²) in [5.41, 5.74) is 6.16. The van der Waals surface area contributed by atoms with Crippen molar-refractivity contribution in [3.63, 3.8) is 0 Å². The first kappa shape index (κ1) is 10.9. The second-order valence-electron chi connectivity index (χ2n) is 4.46. The Hall–Kier alpha value is -1.57. The lowest BCUT2D eigenvalue weighted by molar-refractivity contribution is 0.903. The maximum absolute atomic E-state index is 4.66. The Balaban J connectivity index is 2.66. The van der Waals surface area contributed by atoms with Crippen LogP contribution >= 0.6 is 0 Å². The summed E-state index contributed by atoms with van der Waals surface area (Å²) in [5.74, 6) is 1.03. The van der Waals surface area contributed by atoms with Gasteiger partial charge in [0.15, 0.2) is 0 Å². The van der Waals surface area contributed by atoms with E-state index in [9.17, 15) is 0 Å². The molecule has 0 spiro atoms. The van der Waals surface area contributed by atoms with Gasteiger partial charge in [0.05, 0.1) is 0 Å². The van der Waals surface area contributed by atoms with Gasteiger partial charge in [0.1, 0.15) is 5.82 Å². The molecule has 16 heavy (non-hydrogen) atoms. The summed E-state index contributed by atoms with van der Waals surface area (Å²) >= 11 is 0. The van der Waals surface area contributed by atoms with Gasteiger partial charge in [-0.2, -0.15) is 0 Å². The number of hydrogen-bond donors (Lipinski definition) is 0. The average Bonchev–Trinajstić information content (AvgIpc) is 2.54. The zero-order valence-corrected chi connectivity index (χ0v) is 10.6. The molecule has 0 aliphatic carbocycles. The molecule has 0 fully saturated rings. The highest BCUT2D eigenvalue weighted by molar-refractivity contribution is 5.39. The average molecular weight is 214 g/mol. The van der Waals surface area contributed by atoms with E-state index in [-0.39, 0.29) is 0 Å². The highest BCUT2D eigenvalue weighted by Gasteiger charge is 2.08. The standard InChI is InChI=1S/C14H18N2/c1-9-8-14(15-13(5)12(9)4)16-10(2)6-7-11(16)3/h6-8H,1-5H3. The normalized spacial score (nSPS) is 10.8. The molecule has 2 nitrogen and oxygen atoms in total. The molecule has 84 valence electrons. The number of aryl methyl sites for hydroxylation is 4. The third-order valence-electron chi connectivity index (χ3n) is 3.26. The van der Waals surface area contributed by atoms with Crippen LogP contribution in [0.4, 0.5) is 0 Å². The number of pyridine rings is 1. The van der Waals surface area contributed by atoms with Gasteiger partial charge in [0.2, 0.25) is 0 Å². The van der Waals surface area contributed by atoms with Crippen LogP contribution in [0.15, 0.2) is 18.2 Å². The molecule has 2 rings (SSSR count). The van der Waals surface area contributed by atoms with Crippen molar-refractivity contribution in [2.24, 2.45) is 0 Å². The van der Waals surface area contributed by atoms with Crippen LogP contribution in [0.3, 0.4) is 0 Å². The summed E-state index contributed by atoms with van der Waals surface area (Å²) < 4.78 is 2.19. The quantitative estimate of drug-likeness (QED) is 0.711. The fourth-order valence-electron chi connectivity index (χ4n) is 2.02. The highest BCUT2D eigenvalue weighted by Crippen LogP contribution is 2.18. The van der Waals surface area contributed by atoms with Gasteiger partial charge >= 0.3 is 0 Å². The molecule has 0 unspecified atom stereocenters. The Morgan fingerprint density at radius 2 is 1.50 bits per heavy atom. The zero-order chi connectivity index (χ0) is 11.9. The van der Waals surface area contributed by atoms with E-state index in [0.29, 0.717) is 0 Å². The van der Waals surface area contributed by atoms with Crippen LogP contribution in [0.2, 0.25) is 0 Å². The summed E-state index contributed by atoms with van der Waals surface area (Å²) in [4.78, 5) is 4.66. The summed E-state index contributed by atoms with van der Waals surface area (Å²) in [6.45, 7) is 10.6. The lowest BCUT2D eigenvalue weighted by Gasteiger charge is -2.12. The molecule has 0 saturated carbocycles. The molecule has 0 radical (unpaired) electrons. The number of nitrogens with zero attached hydrogens (tertiary/aromatic N) is 2. The fraction of sp³-hybridized carbons (Fsp3) is 0.357. The lowest BCUT2D eigenvalue weighted by atomic mass is 10.1. The minimum atomic E-state index is 1.03. The Kier molecular flexibility index (Phi) is 2.58. The van der Waals surface area contributed by atoms with Crippen molar-refractivity contribution in [3.05, 3.63) is 46.4 Å². The molecule has 0 N–H and O–H groups in total. The Morgan fingerprint density at radius 1 is 0.938 bits per heavy atom. The first-order chi connectivity index (χ1) is 7.50. The third kappa shape index (κ3) is 1.64. The summed E-state index contributed by atoms with van der Waals surface area (Å²) in [7, 11) is 0. The van der Waals surface area contributed by atoms with Crippen LogP contribution in [-0.4, -0.2) is 9.55 Å². The Morgan fingerprint density at radius 3 is 2.00 bits per heavy atom. The topological polar surface area (TPSA) is 17.8 Å². The van der Waals surface area contributed by atoms with E-state index >= 15 is 0 Å². The first-order valence-electron chi connectivity index (χ1n) is 5.61. The monoisotopic (exact) mass is 214 g/mol. The van der Waals surface area contributed by atoms with Crippen LogP contribution < -0.4 is 0 Å². The van der Waals surface area contributed by atoms with Crippen molar-refractivity contribution < 1.29 is 0 Å². The molecule has 2 aromatic rings. The molecule has 2 heteroatoms. The molecule has 2 aromatic heterocycles. The minimum Gasteiger partial charge on any atom is -0.303 e. The van der Waals surface area contributed by atoms with Crippen LogP contribution in [0, 0.1) is 34.6 Å². The van der Waals surface area contributed by atoms with E-state index in [1.165, 1.54) is 22.5 Å². The van der Waals surface area contributed by atoms with Crippen molar-refractivity contribution >= 4 is 0 Å². The SMILES string of the molecule is Cc1cc(-n2c(C)ccc2C)nc(C)c1C. The molecule has 2 heterocycles. The van der Waals surface area contributed by atoms with Gasteiger partial charge < -0.3 is 4.57 Å². The van der Waals surface area contributed by atoms with Gasteiger partial charge in [0, 0.05) is 17.1 Å². The van der Waals surface area contributed by atoms with Crippen molar-refractivity contribution in [1.29, 1.82) is 0 Å². The van der Waals surface area contributed by atoms with Crippen molar-refractivity contribution in [2.75, 3.05) is 0 Å². The largest absolute Gasteiger partial charge is 0.303 e. The van der Waals surface area contributed by atoms with Crippen molar-refractivity contribution in [3.8, 4) is 5.82 Å². The van der Waals surface area contributed by atoms with E-state index in [1.807, 2.05) is 0 Å². The van der Waals surface area contributed by atoms with E-state index in [1.54, 1.807) is 0 Å². The van der Waals surface area contributed by atoms with Crippen LogP contribution in [0.5, 0.6) is 0 Å². The van der Waals surface area contributed by atoms with E-state index in [2.05, 4.69) is 62.4 Å². The van der Waals surface area contributed by atoms with Crippen LogP contribution in [-0.2, 0) is 0 Å². The van der Waals surface area contributed by atoms with Gasteiger partial charge in [-0.3, -0.25) is 0 Å². The van der Waals surface area contributed by atoms with Gasteiger partial charge in [0.25, 0.3) is 0 Å². The third-order valence-corrected chi connectivity index (χ3v) is 3.26. The molecule has 0 aromatic carbocycles. The van der Waals surface area contributed by atoms with Crippen LogP contribution in [0.25, 0.3) is 5.82 Å². The minimum absolute atomic E-state index is 1.03. The number of aromatic nitrogens is 2. The van der Waals surface area contributed by atoms with Gasteiger partial charge in [-0.05, 0) is 63.9 Å². The number of hydrogen-bond acceptors (Lipinski definition) is 1. The lowest BCUT2D eigenvalue weighted by Crippen LogP contribution is -2.04. The zero-order valence-electron chi connectivity index (χ0n) is 10.6. The van der Waals surface area contributed by atoms with Gasteiger partial charge in [-0.25, -0.2) is 4.98 Å². The van der Waals surface area contributed by atoms with Crippen molar-refractivity contribution in [1.82, 2.24) is 9.55 Å². The predicted molar refractivity (Wildman–Crippen MR) is 67.2 cm³/mol. The van der Waals surface area contributed by atoms with E-state index < -0.39 is 0 Å². The first-order valence-corrected chi connectivity index (χ1v) is 5.61. The Labute approximate surface area is 97.0 Å². The molecule has 0 atom stereocenters. The molecule has 0 saturated heterocycles. The van der Waals surface area contributed by atoms with Crippen molar-refractivity contribution in [2.45, 2.75) is 34.6 Å². The summed E-state index contributed by atoms with van der Waals surface area (Å²) in [6, 6.07) is 6.41. The Bertz CT molecular complexity index is 493. The summed E-state index contributed by atoms with van der Waals surface area (Å²) in [6.07, 6.45) is 0. The van der Waals surface area contributed by atoms with Crippen LogP contribution in [0.1, 0.15) is 28.2 Å². The molecule has 0 aliphatic rings. The highest BCUT2D eigenvalue weighted by atomic mass is 15.1. The maximum Gasteiger partial charge on any atom is 0.137 e. The predicted octanol–water partition coefficient (Wildman–Crippen LogP) is 3.41. The van der Waals surface area contributed by atoms with Gasteiger partial charge in [-0.15, -0.1) is 0 Å². The maximum atomic E-state index is 4.66. The van der Waals surface area contributed by atoms with Gasteiger partial charge in [-0.1, -0.05) is 0 Å². The molecule has 0 bridgehead atoms. The molecular formula is C14H18N2. The van der Waals surface area contributed by atoms with E-state index in [4.69, 9.17) is 0 Å². The number of rotatable bonds is 1. The van der Waals surface area contributed by atoms with E-state index in [0.717, 1.165) is 11.5 Å².